The third-order valence-electron chi connectivity index (χ3n) is 11.8. The number of nitrogens with zero attached hydrogens (tertiary/aromatic N) is 7. The molecule has 7 rings (SSSR count). The first kappa shape index (κ1) is 60.5. The van der Waals surface area contributed by atoms with Gasteiger partial charge in [-0.1, -0.05) is 0 Å². The molecule has 0 atom stereocenters. The van der Waals surface area contributed by atoms with Gasteiger partial charge in [0.15, 0.2) is 0 Å². The van der Waals surface area contributed by atoms with Crippen LogP contribution in [0.25, 0.3) is 33.1 Å². The van der Waals surface area contributed by atoms with E-state index in [4.69, 9.17) is 23.9 Å². The van der Waals surface area contributed by atoms with Crippen LogP contribution in [0.15, 0.2) is 61.4 Å². The summed E-state index contributed by atoms with van der Waals surface area (Å²) in [5, 5.41) is 24.3. The molecular formula is C49H73BN14O10S2. The summed E-state index contributed by atoms with van der Waals surface area (Å²) in [6.45, 7) is 26.2. The number of nitrogens with two attached hydrogens (primary N) is 1. The number of carbonyl (C=O) groups excluding carboxylic acids is 2. The lowest BCUT2D eigenvalue weighted by atomic mass is 9.85. The van der Waals surface area contributed by atoms with Crippen LogP contribution in [0.2, 0.25) is 0 Å². The summed E-state index contributed by atoms with van der Waals surface area (Å²) in [7, 11) is -8.21. The second-order valence-corrected chi connectivity index (χ2v) is 23.9. The fourth-order valence-electron chi connectivity index (χ4n) is 7.20. The van der Waals surface area contributed by atoms with Gasteiger partial charge in [-0.3, -0.25) is 5.10 Å². The highest BCUT2D eigenvalue weighted by Gasteiger charge is 2.53. The van der Waals surface area contributed by atoms with Gasteiger partial charge < -0.3 is 29.4 Å². The van der Waals surface area contributed by atoms with Gasteiger partial charge in [-0.25, -0.2) is 44.1 Å². The molecule has 0 radical (unpaired) electrons. The van der Waals surface area contributed by atoms with Crippen LogP contribution in [0.3, 0.4) is 0 Å². The Bertz CT molecular complexity index is 3140. The van der Waals surface area contributed by atoms with Gasteiger partial charge in [-0.15, -0.1) is 0 Å². The Morgan fingerprint density at radius 3 is 1.74 bits per heavy atom. The largest absolute Gasteiger partial charge is 0.514 e. The first-order valence-electron chi connectivity index (χ1n) is 24.7. The van der Waals surface area contributed by atoms with E-state index in [1.165, 1.54) is 34.7 Å². The van der Waals surface area contributed by atoms with Gasteiger partial charge >= 0.3 is 29.5 Å². The van der Waals surface area contributed by atoms with Crippen molar-refractivity contribution in [3.8, 4) is 11.3 Å². The van der Waals surface area contributed by atoms with Crippen molar-refractivity contribution in [3.63, 3.8) is 0 Å². The highest BCUT2D eigenvalue weighted by molar-refractivity contribution is 7.88. The third kappa shape index (κ3) is 18.2. The number of ether oxygens (including phenoxy) is 2. The topological polar surface area (TPSA) is 324 Å². The number of anilines is 2. The first-order chi connectivity index (χ1) is 35.3. The van der Waals surface area contributed by atoms with Crippen molar-refractivity contribution in [2.45, 2.75) is 138 Å². The highest BCUT2D eigenvalue weighted by atomic mass is 32.2. The smallest absolute Gasteiger partial charge is 0.443 e. The zero-order valence-electron chi connectivity index (χ0n) is 45.6. The summed E-state index contributed by atoms with van der Waals surface area (Å²) in [5.74, 6) is 1.51. The van der Waals surface area contributed by atoms with Gasteiger partial charge in [0.05, 0.1) is 33.5 Å². The number of fused-ring (bicyclic) bond motifs is 2. The van der Waals surface area contributed by atoms with E-state index in [2.05, 4.69) is 67.4 Å². The Kier molecular flexibility index (Phi) is 20.1. The molecule has 6 aromatic rings. The van der Waals surface area contributed by atoms with Gasteiger partial charge in [0.1, 0.15) is 35.5 Å². The standard InChI is InChI=1S/C19H29N5O4S.C16H21N7O2S.C14H23BN2O4/c1-13-10-15-16(11-14(13)2)21-12-22-17(15)20-8-6-7-9-23-29(26,27)24-18(25)28-19(3,4)5;1-11-8-13-15(9-12(11)14-4-7-21-23-14)19-10-20-16(13)18-5-2-3-6-22-26(17,24)25;1-12(2,3)19-11(18)17-10(8-9-16-17)15-20-13(4,5)14(6,7)21-15/h10-12,23H,6-9H2,1-5H3,(H,24,25)(H,20,21,22);4,7-10,22H,2-3,5-6H2,1H3,(H,21,23)(H2,17,24,25)(H,18,19,20);8-9H,1-7H3. The van der Waals surface area contributed by atoms with Crippen LogP contribution in [0, 0.1) is 20.8 Å². The van der Waals surface area contributed by atoms with Crippen molar-refractivity contribution in [2.75, 3.05) is 36.8 Å². The number of hydrogen-bond donors (Lipinski definition) is 7. The molecule has 1 aliphatic rings. The molecule has 0 unspecified atom stereocenters. The minimum atomic E-state index is -3.95. The summed E-state index contributed by atoms with van der Waals surface area (Å²) in [6, 6.07) is 11.8. The highest BCUT2D eigenvalue weighted by Crippen LogP contribution is 2.36. The number of nitrogens with one attached hydrogen (secondary N) is 6. The van der Waals surface area contributed by atoms with Crippen molar-refractivity contribution in [1.82, 2.24) is 54.1 Å². The summed E-state index contributed by atoms with van der Waals surface area (Å²) in [5.41, 5.74) is 5.39. The number of hydrogen-bond acceptors (Lipinski definition) is 18. The van der Waals surface area contributed by atoms with Crippen LogP contribution < -0.4 is 35.5 Å². The van der Waals surface area contributed by atoms with Crippen LogP contribution in [-0.4, -0.2) is 125 Å². The average molecular weight is 1090 g/mol. The minimum absolute atomic E-state index is 0.197. The third-order valence-corrected chi connectivity index (χ3v) is 13.4. The normalized spacial score (nSPS) is 14.3. The lowest BCUT2D eigenvalue weighted by molar-refractivity contribution is 0.00578. The Labute approximate surface area is 445 Å². The number of H-pyrrole nitrogens is 1. The number of carbonyl (C=O) groups is 2. The predicted molar refractivity (Wildman–Crippen MR) is 293 cm³/mol. The number of unbranched alkanes of at least 4 members (excludes halogenated alkanes) is 2. The van der Waals surface area contributed by atoms with E-state index in [-0.39, 0.29) is 6.54 Å². The molecule has 414 valence electrons. The van der Waals surface area contributed by atoms with E-state index in [1.807, 2.05) is 92.2 Å². The van der Waals surface area contributed by atoms with Gasteiger partial charge in [-0.05, 0) is 169 Å². The summed E-state index contributed by atoms with van der Waals surface area (Å²) >= 11 is 0. The van der Waals surface area contributed by atoms with E-state index < -0.39 is 62.1 Å². The van der Waals surface area contributed by atoms with E-state index in [0.717, 1.165) is 56.7 Å². The van der Waals surface area contributed by atoms with Crippen LogP contribution in [0.4, 0.5) is 21.2 Å². The molecule has 1 fully saturated rings. The van der Waals surface area contributed by atoms with Crippen molar-refractivity contribution < 1.29 is 45.2 Å². The molecule has 1 amide bonds. The van der Waals surface area contributed by atoms with E-state index in [1.54, 1.807) is 33.0 Å². The van der Waals surface area contributed by atoms with Crippen LogP contribution >= 0.6 is 0 Å². The molecule has 0 saturated carbocycles. The molecule has 0 aliphatic carbocycles. The maximum absolute atomic E-state index is 12.2. The molecule has 5 heterocycles. The molecule has 1 saturated heterocycles. The fraction of sp³-hybridized carbons (Fsp3) is 0.510. The fourth-order valence-corrected chi connectivity index (χ4v) is 8.37. The number of rotatable bonds is 17. The van der Waals surface area contributed by atoms with Crippen LogP contribution in [0.1, 0.15) is 112 Å². The van der Waals surface area contributed by atoms with Crippen molar-refractivity contribution in [2.24, 2.45) is 5.14 Å². The maximum Gasteiger partial charge on any atom is 0.514 e. The molecule has 0 spiro atoms. The zero-order valence-corrected chi connectivity index (χ0v) is 47.2. The Morgan fingerprint density at radius 2 is 1.21 bits per heavy atom. The second-order valence-electron chi connectivity index (χ2n) is 21.0. The molecular weight excluding hydrogens is 1020 g/mol. The molecule has 0 bridgehead atoms. The number of aromatic amines is 1. The van der Waals surface area contributed by atoms with Gasteiger partial charge in [-0.2, -0.15) is 36.4 Å². The van der Waals surface area contributed by atoms with Gasteiger partial charge in [0, 0.05) is 54.9 Å². The van der Waals surface area contributed by atoms with Crippen LogP contribution in [0.5, 0.6) is 0 Å². The van der Waals surface area contributed by atoms with Crippen LogP contribution in [-0.2, 0) is 39.2 Å². The molecule has 1 aliphatic heterocycles. The lowest BCUT2D eigenvalue weighted by Crippen LogP contribution is -2.43. The Hall–Kier alpha value is -6.36. The molecule has 27 heteroatoms. The zero-order chi connectivity index (χ0) is 56.3. The number of benzene rings is 2. The monoisotopic (exact) mass is 1090 g/mol. The van der Waals surface area contributed by atoms with E-state index in [0.29, 0.717) is 44.5 Å². The van der Waals surface area contributed by atoms with Crippen molar-refractivity contribution in [3.05, 3.63) is 78.1 Å². The summed E-state index contributed by atoms with van der Waals surface area (Å²) < 4.78 is 75.0. The molecule has 8 N–H and O–H groups in total. The van der Waals surface area contributed by atoms with E-state index in [9.17, 15) is 26.4 Å². The van der Waals surface area contributed by atoms with Crippen molar-refractivity contribution in [1.29, 1.82) is 0 Å². The second kappa shape index (κ2) is 25.2. The van der Waals surface area contributed by atoms with Crippen molar-refractivity contribution >= 4 is 78.8 Å². The molecule has 4 aromatic heterocycles. The SMILES string of the molecule is CC(C)(C)OC(=O)n1nccc1B1OC(C)(C)C(C)(C)O1.Cc1cc2c(NCCCCNS(N)(=O)=O)ncnc2cc1-c1ccn[nH]1.Cc1cc2ncnc(NCCCCNS(=O)(=O)NC(=O)OC(C)(C)C)c2cc1C. The Morgan fingerprint density at radius 1 is 0.697 bits per heavy atom. The molecule has 76 heavy (non-hydrogen) atoms. The van der Waals surface area contributed by atoms with Gasteiger partial charge in [0.25, 0.3) is 10.2 Å². The predicted octanol–water partition coefficient (Wildman–Crippen LogP) is 6.08. The van der Waals surface area contributed by atoms with E-state index >= 15 is 0 Å². The van der Waals surface area contributed by atoms with Gasteiger partial charge in [0.2, 0.25) is 0 Å². The number of aromatic nitrogens is 8. The first-order valence-corrected chi connectivity index (χ1v) is 27.7. The Balaban J connectivity index is 0.000000213. The molecule has 2 aromatic carbocycles. The summed E-state index contributed by atoms with van der Waals surface area (Å²) in [6.07, 6.45) is 7.50. The lowest BCUT2D eigenvalue weighted by Gasteiger charge is -2.32. The minimum Gasteiger partial charge on any atom is -0.443 e. The quantitative estimate of drug-likeness (QED) is 0.0402. The molecule has 24 nitrogen and oxygen atoms in total. The average Bonchev–Trinajstić information content (AvgIpc) is 4.05. The number of amides is 1. The number of aryl methyl sites for hydroxylation is 3. The maximum atomic E-state index is 12.2. The summed E-state index contributed by atoms with van der Waals surface area (Å²) in [4.78, 5) is 41.0.